The molecule has 7 nitrogen and oxygen atoms in total. The molecule has 0 amide bonds. The van der Waals surface area contributed by atoms with Crippen LogP contribution in [0.4, 0.5) is 5.69 Å². The average Bonchev–Trinajstić information content (AvgIpc) is 2.79. The number of hydrogen-bond acceptors (Lipinski definition) is 5. The fourth-order valence-electron chi connectivity index (χ4n) is 3.58. The summed E-state index contributed by atoms with van der Waals surface area (Å²) in [6, 6.07) is 23.3. The van der Waals surface area contributed by atoms with E-state index in [0.717, 1.165) is 16.8 Å². The molecule has 1 aromatic heterocycles. The number of benzene rings is 3. The SMILES string of the molecule is O=C(O)c1ccc(C2Nc3ccccc3-c3nc(=O)c(-c4ccccc4)nn32)cc1. The number of para-hydroxylation sites is 1. The Balaban J connectivity index is 1.72. The predicted molar refractivity (Wildman–Crippen MR) is 112 cm³/mol. The molecule has 4 aromatic rings. The minimum atomic E-state index is -0.987. The molecule has 0 saturated carbocycles. The Hall–Kier alpha value is -4.26. The van der Waals surface area contributed by atoms with Gasteiger partial charge in [0.15, 0.2) is 11.5 Å². The van der Waals surface area contributed by atoms with Crippen molar-refractivity contribution in [3.05, 3.63) is 100 Å². The number of nitrogens with zero attached hydrogens (tertiary/aromatic N) is 3. The maximum Gasteiger partial charge on any atom is 0.335 e. The minimum Gasteiger partial charge on any atom is -0.478 e. The highest BCUT2D eigenvalue weighted by Crippen LogP contribution is 2.36. The van der Waals surface area contributed by atoms with Crippen LogP contribution in [0.25, 0.3) is 22.6 Å². The molecule has 0 spiro atoms. The fourth-order valence-corrected chi connectivity index (χ4v) is 3.58. The molecule has 2 N–H and O–H groups in total. The fraction of sp³-hybridized carbons (Fsp3) is 0.0435. The van der Waals surface area contributed by atoms with Crippen LogP contribution in [0.15, 0.2) is 83.7 Å². The van der Waals surface area contributed by atoms with Gasteiger partial charge in [0.1, 0.15) is 6.17 Å². The van der Waals surface area contributed by atoms with Crippen LogP contribution in [0.5, 0.6) is 0 Å². The van der Waals surface area contributed by atoms with Crippen molar-refractivity contribution in [2.45, 2.75) is 6.17 Å². The Bertz CT molecular complexity index is 1310. The molecule has 5 rings (SSSR count). The number of rotatable bonds is 3. The first-order valence-electron chi connectivity index (χ1n) is 9.37. The molecule has 3 aromatic carbocycles. The molecular formula is C23H16N4O3. The zero-order valence-electron chi connectivity index (χ0n) is 15.7. The van der Waals surface area contributed by atoms with Gasteiger partial charge in [0, 0.05) is 16.8 Å². The Labute approximate surface area is 171 Å². The largest absolute Gasteiger partial charge is 0.478 e. The maximum atomic E-state index is 12.8. The minimum absolute atomic E-state index is 0.200. The number of fused-ring (bicyclic) bond motifs is 3. The number of hydrogen-bond donors (Lipinski definition) is 2. The van der Waals surface area contributed by atoms with Crippen LogP contribution in [-0.4, -0.2) is 25.8 Å². The second-order valence-electron chi connectivity index (χ2n) is 6.92. The standard InChI is InChI=1S/C23H16N4O3/c28-22-19(14-6-2-1-3-7-14)26-27-20(15-10-12-16(13-11-15)23(29)30)24-18-9-5-4-8-17(18)21(27)25-22/h1-13,20,24H,(H,29,30). The molecule has 1 atom stereocenters. The van der Waals surface area contributed by atoms with Crippen LogP contribution < -0.4 is 10.9 Å². The van der Waals surface area contributed by atoms with Gasteiger partial charge in [0.2, 0.25) is 0 Å². The number of anilines is 1. The lowest BCUT2D eigenvalue weighted by Crippen LogP contribution is -2.32. The molecule has 1 aliphatic rings. The summed E-state index contributed by atoms with van der Waals surface area (Å²) >= 11 is 0. The lowest BCUT2D eigenvalue weighted by Gasteiger charge is -2.30. The molecule has 0 aliphatic carbocycles. The van der Waals surface area contributed by atoms with Crippen molar-refractivity contribution >= 4 is 11.7 Å². The molecule has 0 fully saturated rings. The first kappa shape index (κ1) is 17.8. The summed E-state index contributed by atoms with van der Waals surface area (Å²) < 4.78 is 1.68. The average molecular weight is 396 g/mol. The highest BCUT2D eigenvalue weighted by Gasteiger charge is 2.28. The Kier molecular flexibility index (Phi) is 4.14. The number of carbonyl (C=O) groups is 1. The number of carboxylic acids is 1. The summed E-state index contributed by atoms with van der Waals surface area (Å²) in [5.41, 5.74) is 3.14. The van der Waals surface area contributed by atoms with Crippen LogP contribution in [0, 0.1) is 0 Å². The molecule has 146 valence electrons. The summed E-state index contributed by atoms with van der Waals surface area (Å²) in [5.74, 6) is -0.528. The van der Waals surface area contributed by atoms with Gasteiger partial charge in [-0.05, 0) is 29.8 Å². The van der Waals surface area contributed by atoms with E-state index < -0.39 is 17.7 Å². The first-order valence-corrected chi connectivity index (χ1v) is 9.37. The number of aromatic nitrogens is 3. The van der Waals surface area contributed by atoms with Crippen molar-refractivity contribution < 1.29 is 9.90 Å². The van der Waals surface area contributed by atoms with E-state index in [-0.39, 0.29) is 11.3 Å². The predicted octanol–water partition coefficient (Wildman–Crippen LogP) is 3.64. The van der Waals surface area contributed by atoms with Crippen LogP contribution in [-0.2, 0) is 0 Å². The monoisotopic (exact) mass is 396 g/mol. The van der Waals surface area contributed by atoms with E-state index in [1.165, 1.54) is 0 Å². The molecule has 0 bridgehead atoms. The Morgan fingerprint density at radius 2 is 1.63 bits per heavy atom. The smallest absolute Gasteiger partial charge is 0.335 e. The second kappa shape index (κ2) is 6.97. The van der Waals surface area contributed by atoms with Crippen molar-refractivity contribution in [3.63, 3.8) is 0 Å². The van der Waals surface area contributed by atoms with Gasteiger partial charge in [-0.25, -0.2) is 9.48 Å². The number of aromatic carboxylic acids is 1. The maximum absolute atomic E-state index is 12.8. The summed E-state index contributed by atoms with van der Waals surface area (Å²) in [6.07, 6.45) is -0.451. The van der Waals surface area contributed by atoms with Gasteiger partial charge in [-0.15, -0.1) is 0 Å². The van der Waals surface area contributed by atoms with Crippen LogP contribution in [0.1, 0.15) is 22.1 Å². The van der Waals surface area contributed by atoms with Gasteiger partial charge >= 0.3 is 5.97 Å². The molecule has 1 unspecified atom stereocenters. The molecule has 1 aliphatic heterocycles. The lowest BCUT2D eigenvalue weighted by atomic mass is 10.0. The van der Waals surface area contributed by atoms with Gasteiger partial charge < -0.3 is 10.4 Å². The van der Waals surface area contributed by atoms with E-state index in [1.54, 1.807) is 28.9 Å². The summed E-state index contributed by atoms with van der Waals surface area (Å²) in [7, 11) is 0. The summed E-state index contributed by atoms with van der Waals surface area (Å²) in [6.45, 7) is 0. The molecule has 30 heavy (non-hydrogen) atoms. The molecule has 0 saturated heterocycles. The van der Waals surface area contributed by atoms with Gasteiger partial charge in [0.05, 0.1) is 5.56 Å². The van der Waals surface area contributed by atoms with Gasteiger partial charge in [-0.1, -0.05) is 54.6 Å². The van der Waals surface area contributed by atoms with E-state index >= 15 is 0 Å². The van der Waals surface area contributed by atoms with Crippen molar-refractivity contribution in [1.29, 1.82) is 0 Å². The summed E-state index contributed by atoms with van der Waals surface area (Å²) in [4.78, 5) is 28.4. The van der Waals surface area contributed by atoms with Crippen LogP contribution in [0.2, 0.25) is 0 Å². The van der Waals surface area contributed by atoms with Gasteiger partial charge in [0.25, 0.3) is 5.56 Å². The zero-order chi connectivity index (χ0) is 20.7. The van der Waals surface area contributed by atoms with Gasteiger partial charge in [-0.3, -0.25) is 4.79 Å². The van der Waals surface area contributed by atoms with Crippen molar-refractivity contribution in [2.24, 2.45) is 0 Å². The first-order chi connectivity index (χ1) is 14.6. The van der Waals surface area contributed by atoms with Gasteiger partial charge in [-0.2, -0.15) is 10.1 Å². The zero-order valence-corrected chi connectivity index (χ0v) is 15.7. The van der Waals surface area contributed by atoms with Crippen LogP contribution in [0.3, 0.4) is 0 Å². The van der Waals surface area contributed by atoms with E-state index in [9.17, 15) is 14.7 Å². The Morgan fingerprint density at radius 1 is 0.933 bits per heavy atom. The molecule has 2 heterocycles. The molecular weight excluding hydrogens is 380 g/mol. The van der Waals surface area contributed by atoms with Crippen molar-refractivity contribution in [2.75, 3.05) is 5.32 Å². The quantitative estimate of drug-likeness (QED) is 0.549. The van der Waals surface area contributed by atoms with E-state index in [0.29, 0.717) is 11.4 Å². The third kappa shape index (κ3) is 2.93. The highest BCUT2D eigenvalue weighted by atomic mass is 16.4. The highest BCUT2D eigenvalue weighted by molar-refractivity contribution is 5.87. The normalized spacial score (nSPS) is 14.3. The molecule has 7 heteroatoms. The Morgan fingerprint density at radius 3 is 2.37 bits per heavy atom. The lowest BCUT2D eigenvalue weighted by molar-refractivity contribution is 0.0697. The van der Waals surface area contributed by atoms with E-state index in [1.807, 2.05) is 54.6 Å². The molecule has 0 radical (unpaired) electrons. The topological polar surface area (TPSA) is 97.1 Å². The van der Waals surface area contributed by atoms with Crippen LogP contribution >= 0.6 is 0 Å². The summed E-state index contributed by atoms with van der Waals surface area (Å²) in [5, 5.41) is 17.3. The third-order valence-corrected chi connectivity index (χ3v) is 5.06. The second-order valence-corrected chi connectivity index (χ2v) is 6.92. The number of carboxylic acid groups (broad SMARTS) is 1. The number of nitrogens with one attached hydrogen (secondary N) is 1. The third-order valence-electron chi connectivity index (χ3n) is 5.06. The van der Waals surface area contributed by atoms with Crippen molar-refractivity contribution in [1.82, 2.24) is 14.8 Å². The van der Waals surface area contributed by atoms with E-state index in [4.69, 9.17) is 0 Å². The van der Waals surface area contributed by atoms with Crippen molar-refractivity contribution in [3.8, 4) is 22.6 Å². The van der Waals surface area contributed by atoms with E-state index in [2.05, 4.69) is 15.4 Å².